The van der Waals surface area contributed by atoms with Crippen molar-refractivity contribution in [2.45, 2.75) is 13.0 Å². The number of hydrogen-bond acceptors (Lipinski definition) is 2. The van der Waals surface area contributed by atoms with Gasteiger partial charge in [-0.15, -0.1) is 11.6 Å². The Bertz CT molecular complexity index is 585. The van der Waals surface area contributed by atoms with Crippen LogP contribution in [0.2, 0.25) is 0 Å². The summed E-state index contributed by atoms with van der Waals surface area (Å²) in [5.74, 6) is 2.14. The number of hydrogen-bond donors (Lipinski definition) is 0. The van der Waals surface area contributed by atoms with Crippen molar-refractivity contribution < 1.29 is 4.21 Å². The maximum Gasteiger partial charge on any atom is 0.111 e. The molecule has 2 aromatic rings. The number of alkyl halides is 1. The minimum Gasteiger partial charge on any atom is -0.327 e. The Balaban J connectivity index is 2.46. The van der Waals surface area contributed by atoms with Crippen molar-refractivity contribution in [1.82, 2.24) is 9.55 Å². The van der Waals surface area contributed by atoms with Crippen molar-refractivity contribution in [1.29, 1.82) is 0 Å². The molecule has 1 unspecified atom stereocenters. The molecule has 0 bridgehead atoms. The standard InChI is InChI=1S/C12H14BrClN2OS/c1-18(17)7-6-16-11-8-9(13)2-3-10(11)15-12(16)4-5-14/h2-3,8H,4-7H2,1H3. The van der Waals surface area contributed by atoms with E-state index in [4.69, 9.17) is 11.6 Å². The van der Waals surface area contributed by atoms with Crippen molar-refractivity contribution in [2.24, 2.45) is 0 Å². The summed E-state index contributed by atoms with van der Waals surface area (Å²) in [7, 11) is -0.804. The number of imidazole rings is 1. The molecule has 0 aliphatic carbocycles. The number of fused-ring (bicyclic) bond motifs is 1. The van der Waals surface area contributed by atoms with Crippen molar-refractivity contribution in [3.63, 3.8) is 0 Å². The zero-order valence-corrected chi connectivity index (χ0v) is 13.2. The van der Waals surface area contributed by atoms with Gasteiger partial charge in [0, 0.05) is 46.1 Å². The van der Waals surface area contributed by atoms with Crippen LogP contribution in [0.25, 0.3) is 11.0 Å². The summed E-state index contributed by atoms with van der Waals surface area (Å²) in [6, 6.07) is 6.00. The minimum atomic E-state index is -0.804. The van der Waals surface area contributed by atoms with E-state index in [2.05, 4.69) is 25.5 Å². The van der Waals surface area contributed by atoms with Gasteiger partial charge in [-0.25, -0.2) is 4.98 Å². The van der Waals surface area contributed by atoms with Crippen LogP contribution >= 0.6 is 27.5 Å². The molecule has 18 heavy (non-hydrogen) atoms. The predicted molar refractivity (Wildman–Crippen MR) is 80.8 cm³/mol. The lowest BCUT2D eigenvalue weighted by molar-refractivity contribution is 0.674. The Hall–Kier alpha value is -0.390. The zero-order valence-electron chi connectivity index (χ0n) is 10.0. The molecular formula is C12H14BrClN2OS. The summed E-state index contributed by atoms with van der Waals surface area (Å²) in [5, 5.41) is 0. The maximum atomic E-state index is 11.3. The van der Waals surface area contributed by atoms with Crippen LogP contribution < -0.4 is 0 Å². The average molecular weight is 350 g/mol. The molecule has 0 radical (unpaired) electrons. The molecule has 0 fully saturated rings. The molecule has 0 aliphatic heterocycles. The first-order valence-corrected chi connectivity index (χ1v) is 8.68. The first-order chi connectivity index (χ1) is 8.61. The van der Waals surface area contributed by atoms with Gasteiger partial charge in [0.25, 0.3) is 0 Å². The molecule has 0 aliphatic rings. The third kappa shape index (κ3) is 3.13. The van der Waals surface area contributed by atoms with E-state index in [9.17, 15) is 4.21 Å². The largest absolute Gasteiger partial charge is 0.327 e. The van der Waals surface area contributed by atoms with Gasteiger partial charge in [-0.2, -0.15) is 0 Å². The lowest BCUT2D eigenvalue weighted by atomic mass is 10.3. The highest BCUT2D eigenvalue weighted by atomic mass is 79.9. The number of aryl methyl sites for hydroxylation is 2. The highest BCUT2D eigenvalue weighted by Gasteiger charge is 2.10. The van der Waals surface area contributed by atoms with Crippen molar-refractivity contribution >= 4 is 49.4 Å². The lowest BCUT2D eigenvalue weighted by Gasteiger charge is -2.07. The zero-order chi connectivity index (χ0) is 13.1. The highest BCUT2D eigenvalue weighted by molar-refractivity contribution is 9.10. The third-order valence-electron chi connectivity index (χ3n) is 2.71. The van der Waals surface area contributed by atoms with Crippen LogP contribution in [0, 0.1) is 0 Å². The molecule has 0 saturated carbocycles. The van der Waals surface area contributed by atoms with E-state index in [1.807, 2.05) is 18.2 Å². The molecule has 1 aromatic carbocycles. The number of halogens is 2. The minimum absolute atomic E-state index is 0.541. The van der Waals surface area contributed by atoms with Crippen LogP contribution in [0.5, 0.6) is 0 Å². The summed E-state index contributed by atoms with van der Waals surface area (Å²) < 4.78 is 14.4. The molecule has 1 atom stereocenters. The van der Waals surface area contributed by atoms with E-state index in [0.717, 1.165) is 27.8 Å². The van der Waals surface area contributed by atoms with Crippen LogP contribution in [0.3, 0.4) is 0 Å². The van der Waals surface area contributed by atoms with Gasteiger partial charge in [-0.05, 0) is 18.2 Å². The smallest absolute Gasteiger partial charge is 0.111 e. The van der Waals surface area contributed by atoms with Gasteiger partial charge in [0.2, 0.25) is 0 Å². The molecule has 1 aromatic heterocycles. The van der Waals surface area contributed by atoms with Crippen LogP contribution in [0.4, 0.5) is 0 Å². The summed E-state index contributed by atoms with van der Waals surface area (Å²) in [6.45, 7) is 0.711. The fraction of sp³-hybridized carbons (Fsp3) is 0.417. The quantitative estimate of drug-likeness (QED) is 0.778. The molecule has 98 valence electrons. The second-order valence-electron chi connectivity index (χ2n) is 4.03. The fourth-order valence-corrected chi connectivity index (χ4v) is 2.85. The molecule has 0 saturated heterocycles. The first kappa shape index (κ1) is 14.0. The van der Waals surface area contributed by atoms with Gasteiger partial charge < -0.3 is 4.57 Å². The highest BCUT2D eigenvalue weighted by Crippen LogP contribution is 2.21. The number of aromatic nitrogens is 2. The molecule has 0 amide bonds. The summed E-state index contributed by atoms with van der Waals surface area (Å²) in [6.07, 6.45) is 2.44. The monoisotopic (exact) mass is 348 g/mol. The van der Waals surface area contributed by atoms with E-state index in [1.165, 1.54) is 0 Å². The fourth-order valence-electron chi connectivity index (χ4n) is 1.89. The van der Waals surface area contributed by atoms with Gasteiger partial charge in [0.15, 0.2) is 0 Å². The second kappa shape index (κ2) is 6.17. The Morgan fingerprint density at radius 3 is 2.94 bits per heavy atom. The summed E-state index contributed by atoms with van der Waals surface area (Å²) in [4.78, 5) is 4.58. The van der Waals surface area contributed by atoms with E-state index >= 15 is 0 Å². The third-order valence-corrected chi connectivity index (χ3v) is 4.15. The van der Waals surface area contributed by atoms with Crippen LogP contribution in [-0.2, 0) is 23.8 Å². The van der Waals surface area contributed by atoms with E-state index in [0.29, 0.717) is 18.2 Å². The van der Waals surface area contributed by atoms with Gasteiger partial charge in [-0.1, -0.05) is 15.9 Å². The topological polar surface area (TPSA) is 34.9 Å². The van der Waals surface area contributed by atoms with E-state index < -0.39 is 10.8 Å². The van der Waals surface area contributed by atoms with E-state index in [1.54, 1.807) is 6.26 Å². The van der Waals surface area contributed by atoms with Crippen LogP contribution in [0.1, 0.15) is 5.82 Å². The Kier molecular flexibility index (Phi) is 4.81. The number of nitrogens with zero attached hydrogens (tertiary/aromatic N) is 2. The van der Waals surface area contributed by atoms with E-state index in [-0.39, 0.29) is 0 Å². The average Bonchev–Trinajstić information content (AvgIpc) is 2.64. The van der Waals surface area contributed by atoms with Crippen molar-refractivity contribution in [2.75, 3.05) is 17.9 Å². The number of rotatable bonds is 5. The molecule has 3 nitrogen and oxygen atoms in total. The molecule has 2 rings (SSSR count). The van der Waals surface area contributed by atoms with Crippen molar-refractivity contribution in [3.8, 4) is 0 Å². The molecule has 1 heterocycles. The van der Waals surface area contributed by atoms with Gasteiger partial charge in [0.1, 0.15) is 5.82 Å². The Labute approximate surface area is 122 Å². The molecular weight excluding hydrogens is 336 g/mol. The summed E-state index contributed by atoms with van der Waals surface area (Å²) >= 11 is 9.27. The van der Waals surface area contributed by atoms with Crippen molar-refractivity contribution in [3.05, 3.63) is 28.5 Å². The van der Waals surface area contributed by atoms with Gasteiger partial charge >= 0.3 is 0 Å². The normalized spacial score (nSPS) is 13.1. The number of benzene rings is 1. The SMILES string of the molecule is CS(=O)CCn1c(CCCl)nc2ccc(Br)cc21. The Morgan fingerprint density at radius 1 is 1.50 bits per heavy atom. The maximum absolute atomic E-state index is 11.3. The predicted octanol–water partition coefficient (Wildman–Crippen LogP) is 2.96. The molecule has 0 spiro atoms. The lowest BCUT2D eigenvalue weighted by Crippen LogP contribution is -2.10. The summed E-state index contributed by atoms with van der Waals surface area (Å²) in [5.41, 5.74) is 2.02. The van der Waals surface area contributed by atoms with Gasteiger partial charge in [-0.3, -0.25) is 4.21 Å². The Morgan fingerprint density at radius 2 is 2.28 bits per heavy atom. The first-order valence-electron chi connectivity index (χ1n) is 5.62. The second-order valence-corrected chi connectivity index (χ2v) is 6.88. The van der Waals surface area contributed by atoms with Crippen LogP contribution in [-0.4, -0.2) is 31.6 Å². The van der Waals surface area contributed by atoms with Gasteiger partial charge in [0.05, 0.1) is 11.0 Å². The molecule has 0 N–H and O–H groups in total. The molecule has 6 heteroatoms. The van der Waals surface area contributed by atoms with Crippen LogP contribution in [0.15, 0.2) is 22.7 Å².